The van der Waals surface area contributed by atoms with Crippen LogP contribution < -0.4 is 5.32 Å². The highest BCUT2D eigenvalue weighted by Crippen LogP contribution is 2.15. The van der Waals surface area contributed by atoms with E-state index in [1.165, 1.54) is 5.56 Å². The Morgan fingerprint density at radius 1 is 1.17 bits per heavy atom. The van der Waals surface area contributed by atoms with Gasteiger partial charge in [-0.05, 0) is 43.2 Å². The lowest BCUT2D eigenvalue weighted by Gasteiger charge is -2.15. The highest BCUT2D eigenvalue weighted by atomic mass is 35.5. The second-order valence-electron chi connectivity index (χ2n) is 4.24. The molecule has 1 aromatic heterocycles. The van der Waals surface area contributed by atoms with Crippen molar-refractivity contribution in [2.75, 3.05) is 5.32 Å². The molecule has 1 heterocycles. The molecule has 1 N–H and O–H groups in total. The Morgan fingerprint density at radius 2 is 1.89 bits per heavy atom. The van der Waals surface area contributed by atoms with Crippen LogP contribution in [0.4, 0.5) is 5.69 Å². The van der Waals surface area contributed by atoms with E-state index in [-0.39, 0.29) is 0 Å². The van der Waals surface area contributed by atoms with Gasteiger partial charge in [-0.1, -0.05) is 35.3 Å². The van der Waals surface area contributed by atoms with Gasteiger partial charge in [0, 0.05) is 22.9 Å². The third-order valence-electron chi connectivity index (χ3n) is 2.59. The van der Waals surface area contributed by atoms with Crippen molar-refractivity contribution in [2.45, 2.75) is 19.4 Å². The van der Waals surface area contributed by atoms with E-state index in [0.717, 1.165) is 17.1 Å². The Kier molecular flexibility index (Phi) is 4.45. The lowest BCUT2D eigenvalue weighted by atomic mass is 10.1. The van der Waals surface area contributed by atoms with Crippen molar-refractivity contribution in [3.63, 3.8) is 0 Å². The van der Waals surface area contributed by atoms with E-state index in [0.29, 0.717) is 11.2 Å². The van der Waals surface area contributed by atoms with Crippen LogP contribution in [0.25, 0.3) is 0 Å². The summed E-state index contributed by atoms with van der Waals surface area (Å²) in [4.78, 5) is 3.95. The van der Waals surface area contributed by atoms with Crippen LogP contribution in [-0.2, 0) is 6.42 Å². The van der Waals surface area contributed by atoms with E-state index in [4.69, 9.17) is 23.2 Å². The van der Waals surface area contributed by atoms with Gasteiger partial charge in [-0.2, -0.15) is 0 Å². The predicted molar refractivity (Wildman–Crippen MR) is 77.5 cm³/mol. The van der Waals surface area contributed by atoms with E-state index in [1.807, 2.05) is 36.4 Å². The Balaban J connectivity index is 1.96. The normalized spacial score (nSPS) is 12.2. The number of benzene rings is 1. The van der Waals surface area contributed by atoms with Crippen LogP contribution in [0.1, 0.15) is 12.5 Å². The second kappa shape index (κ2) is 6.07. The monoisotopic (exact) mass is 280 g/mol. The summed E-state index contributed by atoms with van der Waals surface area (Å²) in [5.74, 6) is 0. The largest absolute Gasteiger partial charge is 0.382 e. The van der Waals surface area contributed by atoms with Gasteiger partial charge in [-0.25, -0.2) is 4.98 Å². The van der Waals surface area contributed by atoms with Crippen LogP contribution in [-0.4, -0.2) is 11.0 Å². The van der Waals surface area contributed by atoms with Gasteiger partial charge in [0.05, 0.1) is 0 Å². The van der Waals surface area contributed by atoms with Gasteiger partial charge in [0.15, 0.2) is 0 Å². The van der Waals surface area contributed by atoms with Crippen LogP contribution in [0, 0.1) is 0 Å². The Bertz CT molecular complexity index is 511. The standard InChI is InChI=1S/C14H14Cl2N2/c1-10(8-11-2-4-12(15)5-3-11)18-13-6-7-17-14(16)9-13/h2-7,9-10H,8H2,1H3,(H,17,18). The smallest absolute Gasteiger partial charge is 0.131 e. The molecule has 2 rings (SSSR count). The van der Waals surface area contributed by atoms with Crippen molar-refractivity contribution >= 4 is 28.9 Å². The zero-order chi connectivity index (χ0) is 13.0. The third kappa shape index (κ3) is 3.90. The van der Waals surface area contributed by atoms with Gasteiger partial charge in [0.2, 0.25) is 0 Å². The quantitative estimate of drug-likeness (QED) is 0.838. The highest BCUT2D eigenvalue weighted by molar-refractivity contribution is 6.30. The van der Waals surface area contributed by atoms with Gasteiger partial charge in [0.1, 0.15) is 5.15 Å². The molecule has 18 heavy (non-hydrogen) atoms. The highest BCUT2D eigenvalue weighted by Gasteiger charge is 2.04. The Labute approximate surface area is 117 Å². The summed E-state index contributed by atoms with van der Waals surface area (Å²) in [6.07, 6.45) is 2.62. The zero-order valence-electron chi connectivity index (χ0n) is 10.0. The summed E-state index contributed by atoms with van der Waals surface area (Å²) in [7, 11) is 0. The molecule has 0 aliphatic heterocycles. The van der Waals surface area contributed by atoms with Crippen LogP contribution in [0.5, 0.6) is 0 Å². The number of halogens is 2. The summed E-state index contributed by atoms with van der Waals surface area (Å²) in [6.45, 7) is 2.13. The van der Waals surface area contributed by atoms with Crippen molar-refractivity contribution in [1.29, 1.82) is 0 Å². The molecular formula is C14H14Cl2N2. The molecule has 0 saturated carbocycles. The number of hydrogen-bond donors (Lipinski definition) is 1. The summed E-state index contributed by atoms with van der Waals surface area (Å²) >= 11 is 11.7. The SMILES string of the molecule is CC(Cc1ccc(Cl)cc1)Nc1ccnc(Cl)c1. The fraction of sp³-hybridized carbons (Fsp3) is 0.214. The number of pyridine rings is 1. The van der Waals surface area contributed by atoms with Crippen LogP contribution in [0.15, 0.2) is 42.6 Å². The molecule has 4 heteroatoms. The fourth-order valence-electron chi connectivity index (χ4n) is 1.80. The zero-order valence-corrected chi connectivity index (χ0v) is 11.5. The van der Waals surface area contributed by atoms with Crippen molar-refractivity contribution in [3.8, 4) is 0 Å². The molecule has 0 amide bonds. The van der Waals surface area contributed by atoms with E-state index < -0.39 is 0 Å². The number of aromatic nitrogens is 1. The van der Waals surface area contributed by atoms with Crippen molar-refractivity contribution in [2.24, 2.45) is 0 Å². The van der Waals surface area contributed by atoms with Gasteiger partial charge < -0.3 is 5.32 Å². The van der Waals surface area contributed by atoms with Crippen molar-refractivity contribution < 1.29 is 0 Å². The Morgan fingerprint density at radius 3 is 2.56 bits per heavy atom. The molecule has 0 fully saturated rings. The first-order valence-electron chi connectivity index (χ1n) is 5.76. The second-order valence-corrected chi connectivity index (χ2v) is 5.07. The molecule has 0 radical (unpaired) electrons. The third-order valence-corrected chi connectivity index (χ3v) is 3.05. The molecule has 0 saturated heterocycles. The van der Waals surface area contributed by atoms with Crippen LogP contribution >= 0.6 is 23.2 Å². The summed E-state index contributed by atoms with van der Waals surface area (Å²) in [5, 5.41) is 4.65. The summed E-state index contributed by atoms with van der Waals surface area (Å²) in [6, 6.07) is 11.9. The molecule has 1 unspecified atom stereocenters. The minimum Gasteiger partial charge on any atom is -0.382 e. The minimum atomic E-state index is 0.310. The molecular weight excluding hydrogens is 267 g/mol. The lowest BCUT2D eigenvalue weighted by molar-refractivity contribution is 0.790. The number of nitrogens with zero attached hydrogens (tertiary/aromatic N) is 1. The number of hydrogen-bond acceptors (Lipinski definition) is 2. The minimum absolute atomic E-state index is 0.310. The van der Waals surface area contributed by atoms with E-state index in [9.17, 15) is 0 Å². The first-order chi connectivity index (χ1) is 8.63. The average Bonchev–Trinajstić information content (AvgIpc) is 2.32. The van der Waals surface area contributed by atoms with E-state index >= 15 is 0 Å². The topological polar surface area (TPSA) is 24.9 Å². The van der Waals surface area contributed by atoms with Crippen molar-refractivity contribution in [3.05, 3.63) is 58.3 Å². The molecule has 1 atom stereocenters. The summed E-state index contributed by atoms with van der Waals surface area (Å²) < 4.78 is 0. The maximum Gasteiger partial charge on any atom is 0.131 e. The maximum atomic E-state index is 5.86. The predicted octanol–water partition coefficient (Wildman–Crippen LogP) is 4.43. The summed E-state index contributed by atoms with van der Waals surface area (Å²) in [5.41, 5.74) is 2.23. The molecule has 0 spiro atoms. The molecule has 0 aliphatic rings. The lowest BCUT2D eigenvalue weighted by Crippen LogP contribution is -2.18. The van der Waals surface area contributed by atoms with Gasteiger partial charge in [-0.15, -0.1) is 0 Å². The molecule has 94 valence electrons. The Hall–Kier alpha value is -1.25. The fourth-order valence-corrected chi connectivity index (χ4v) is 2.10. The number of rotatable bonds is 4. The molecule has 2 aromatic rings. The molecule has 0 bridgehead atoms. The molecule has 1 aromatic carbocycles. The van der Waals surface area contributed by atoms with E-state index in [1.54, 1.807) is 6.20 Å². The first-order valence-corrected chi connectivity index (χ1v) is 6.51. The maximum absolute atomic E-state index is 5.86. The van der Waals surface area contributed by atoms with Gasteiger partial charge >= 0.3 is 0 Å². The van der Waals surface area contributed by atoms with Gasteiger partial charge in [0.25, 0.3) is 0 Å². The molecule has 2 nitrogen and oxygen atoms in total. The van der Waals surface area contributed by atoms with Crippen LogP contribution in [0.2, 0.25) is 10.2 Å². The molecule has 0 aliphatic carbocycles. The van der Waals surface area contributed by atoms with Crippen LogP contribution in [0.3, 0.4) is 0 Å². The van der Waals surface area contributed by atoms with Crippen molar-refractivity contribution in [1.82, 2.24) is 4.98 Å². The van der Waals surface area contributed by atoms with Gasteiger partial charge in [-0.3, -0.25) is 0 Å². The number of anilines is 1. The number of nitrogens with one attached hydrogen (secondary N) is 1. The first kappa shape index (κ1) is 13.2. The average molecular weight is 281 g/mol. The van der Waals surface area contributed by atoms with E-state index in [2.05, 4.69) is 17.2 Å².